The molecule has 3 heteroatoms. The largest absolute Gasteiger partial charge is 0.370 e. The molecule has 0 bridgehead atoms. The molecule has 0 saturated heterocycles. The molecule has 1 N–H and O–H groups in total. The number of hydrogen-bond acceptors (Lipinski definition) is 3. The van der Waals surface area contributed by atoms with Gasteiger partial charge in [-0.1, -0.05) is 12.1 Å². The molecule has 1 aliphatic carbocycles. The Morgan fingerprint density at radius 1 is 0.889 bits per heavy atom. The Morgan fingerprint density at radius 3 is 2.56 bits per heavy atom. The van der Waals surface area contributed by atoms with E-state index in [2.05, 4.69) is 27.4 Å². The quantitative estimate of drug-likeness (QED) is 0.768. The molecule has 2 aliphatic rings. The Kier molecular flexibility index (Phi) is 3.22. The number of fused-ring (bicyclic) bond motifs is 2. The van der Waals surface area contributed by atoms with Crippen LogP contribution in [0, 0.1) is 0 Å². The fourth-order valence-electron chi connectivity index (χ4n) is 2.49. The van der Waals surface area contributed by atoms with Crippen molar-refractivity contribution in [2.75, 3.05) is 11.9 Å². The van der Waals surface area contributed by atoms with E-state index >= 15 is 0 Å². The molecule has 18 heavy (non-hydrogen) atoms. The number of pyridine rings is 2. The summed E-state index contributed by atoms with van der Waals surface area (Å²) in [7, 11) is 0. The average molecular weight is 239 g/mol. The maximum absolute atomic E-state index is 4.26. The highest BCUT2D eigenvalue weighted by atomic mass is 15.0. The van der Waals surface area contributed by atoms with Crippen molar-refractivity contribution < 1.29 is 0 Å². The number of anilines is 1. The van der Waals surface area contributed by atoms with Crippen LogP contribution in [0.2, 0.25) is 0 Å². The fourth-order valence-corrected chi connectivity index (χ4v) is 2.49. The lowest BCUT2D eigenvalue weighted by Crippen LogP contribution is -1.92. The predicted molar refractivity (Wildman–Crippen MR) is 72.7 cm³/mol. The molecule has 0 amide bonds. The van der Waals surface area contributed by atoms with Gasteiger partial charge in [-0.3, -0.25) is 4.98 Å². The number of nitrogens with zero attached hydrogens (tertiary/aromatic N) is 2. The van der Waals surface area contributed by atoms with Crippen LogP contribution in [0.15, 0.2) is 36.7 Å². The zero-order chi connectivity index (χ0) is 12.2. The first-order chi connectivity index (χ1) is 8.93. The van der Waals surface area contributed by atoms with Crippen LogP contribution in [0.3, 0.4) is 0 Å². The van der Waals surface area contributed by atoms with Crippen LogP contribution in [0.25, 0.3) is 0 Å². The van der Waals surface area contributed by atoms with Crippen molar-refractivity contribution in [3.8, 4) is 0 Å². The molecule has 2 aromatic heterocycles. The Labute approximate surface area is 107 Å². The minimum atomic E-state index is 1.05. The van der Waals surface area contributed by atoms with Crippen LogP contribution in [-0.4, -0.2) is 16.5 Å². The maximum atomic E-state index is 4.26. The summed E-state index contributed by atoms with van der Waals surface area (Å²) in [5, 5.41) is 3.19. The monoisotopic (exact) mass is 239 g/mol. The molecule has 0 spiro atoms. The summed E-state index contributed by atoms with van der Waals surface area (Å²) in [4.78, 5) is 8.41. The van der Waals surface area contributed by atoms with Crippen molar-refractivity contribution in [2.45, 2.75) is 25.7 Å². The number of nitrogens with one attached hydrogen (secondary N) is 1. The van der Waals surface area contributed by atoms with Gasteiger partial charge in [0.25, 0.3) is 0 Å². The number of aryl methyl sites for hydroxylation is 2. The smallest absolute Gasteiger partial charge is 0.129 e. The average Bonchev–Trinajstić information content (AvgIpc) is 3.08. The van der Waals surface area contributed by atoms with Gasteiger partial charge in [0.2, 0.25) is 0 Å². The second kappa shape index (κ2) is 5.17. The van der Waals surface area contributed by atoms with Gasteiger partial charge in [-0.25, -0.2) is 4.98 Å². The first-order valence-corrected chi connectivity index (χ1v) is 6.54. The summed E-state index contributed by atoms with van der Waals surface area (Å²) in [6.07, 6.45) is 8.55. The van der Waals surface area contributed by atoms with Crippen LogP contribution >= 0.6 is 0 Å². The van der Waals surface area contributed by atoms with Crippen molar-refractivity contribution in [2.24, 2.45) is 0 Å². The van der Waals surface area contributed by atoms with Crippen LogP contribution in [0.4, 0.5) is 5.82 Å². The first-order valence-electron chi connectivity index (χ1n) is 6.54. The molecule has 0 radical (unpaired) electrons. The lowest BCUT2D eigenvalue weighted by molar-refractivity contribution is 0.899. The van der Waals surface area contributed by atoms with Crippen molar-refractivity contribution in [1.29, 1.82) is 0 Å². The molecule has 2 aromatic rings. The minimum Gasteiger partial charge on any atom is -0.370 e. The molecule has 0 aromatic carbocycles. The number of rotatable bonds is 0. The summed E-state index contributed by atoms with van der Waals surface area (Å²) >= 11 is 0. The van der Waals surface area contributed by atoms with E-state index < -0.39 is 0 Å². The minimum absolute atomic E-state index is 1.05. The lowest BCUT2D eigenvalue weighted by Gasteiger charge is -1.93. The van der Waals surface area contributed by atoms with Gasteiger partial charge in [-0.15, -0.1) is 0 Å². The van der Waals surface area contributed by atoms with E-state index in [0.717, 1.165) is 18.8 Å². The molecule has 1 aliphatic heterocycles. The van der Waals surface area contributed by atoms with Crippen molar-refractivity contribution in [1.82, 2.24) is 9.97 Å². The van der Waals surface area contributed by atoms with Crippen LogP contribution < -0.4 is 5.32 Å². The second-order valence-corrected chi connectivity index (χ2v) is 4.65. The van der Waals surface area contributed by atoms with Gasteiger partial charge in [-0.2, -0.15) is 0 Å². The molecule has 3 heterocycles. The second-order valence-electron chi connectivity index (χ2n) is 4.65. The van der Waals surface area contributed by atoms with Crippen LogP contribution in [0.5, 0.6) is 0 Å². The summed E-state index contributed by atoms with van der Waals surface area (Å²) in [6.45, 7) is 1.05. The maximum Gasteiger partial charge on any atom is 0.129 e. The summed E-state index contributed by atoms with van der Waals surface area (Å²) in [5.41, 5.74) is 4.12. The first kappa shape index (κ1) is 11.2. The van der Waals surface area contributed by atoms with Crippen molar-refractivity contribution in [3.05, 3.63) is 53.5 Å². The molecular formula is C15H17N3. The van der Waals surface area contributed by atoms with Crippen LogP contribution in [-0.2, 0) is 19.3 Å². The molecular weight excluding hydrogens is 222 g/mol. The third-order valence-electron chi connectivity index (χ3n) is 3.42. The Bertz CT molecular complexity index is 441. The van der Waals surface area contributed by atoms with Gasteiger partial charge in [-0.05, 0) is 48.9 Å². The van der Waals surface area contributed by atoms with Gasteiger partial charge in [0.05, 0.1) is 0 Å². The summed E-state index contributed by atoms with van der Waals surface area (Å²) < 4.78 is 0. The van der Waals surface area contributed by atoms with Gasteiger partial charge in [0.1, 0.15) is 5.82 Å². The van der Waals surface area contributed by atoms with E-state index in [1.807, 2.05) is 24.5 Å². The summed E-state index contributed by atoms with van der Waals surface area (Å²) in [5.74, 6) is 1.07. The summed E-state index contributed by atoms with van der Waals surface area (Å²) in [6, 6.07) is 8.29. The van der Waals surface area contributed by atoms with E-state index in [4.69, 9.17) is 0 Å². The molecule has 92 valence electrons. The van der Waals surface area contributed by atoms with Gasteiger partial charge >= 0.3 is 0 Å². The Hall–Kier alpha value is -1.90. The zero-order valence-corrected chi connectivity index (χ0v) is 10.4. The molecule has 0 atom stereocenters. The lowest BCUT2D eigenvalue weighted by atomic mass is 10.2. The normalized spacial score (nSPS) is 15.1. The van der Waals surface area contributed by atoms with E-state index in [1.165, 1.54) is 36.1 Å². The van der Waals surface area contributed by atoms with E-state index in [1.54, 1.807) is 0 Å². The highest BCUT2D eigenvalue weighted by Gasteiger charge is 2.09. The fraction of sp³-hybridized carbons (Fsp3) is 0.333. The highest BCUT2D eigenvalue weighted by molar-refractivity contribution is 5.48. The predicted octanol–water partition coefficient (Wildman–Crippen LogP) is 2.62. The molecule has 4 rings (SSSR count). The SMILES string of the molecule is c1cnc2c(c1)CCC2.c1cnc2c(c1)CCN2. The molecule has 3 nitrogen and oxygen atoms in total. The topological polar surface area (TPSA) is 37.8 Å². The number of aromatic nitrogens is 2. The van der Waals surface area contributed by atoms with E-state index in [9.17, 15) is 0 Å². The highest BCUT2D eigenvalue weighted by Crippen LogP contribution is 2.18. The van der Waals surface area contributed by atoms with E-state index in [-0.39, 0.29) is 0 Å². The van der Waals surface area contributed by atoms with E-state index in [0.29, 0.717) is 0 Å². The third-order valence-corrected chi connectivity index (χ3v) is 3.42. The third kappa shape index (κ3) is 2.35. The molecule has 0 unspecified atom stereocenters. The molecule has 0 saturated carbocycles. The van der Waals surface area contributed by atoms with Gasteiger partial charge in [0, 0.05) is 24.6 Å². The molecule has 0 fully saturated rings. The van der Waals surface area contributed by atoms with Crippen molar-refractivity contribution >= 4 is 5.82 Å². The van der Waals surface area contributed by atoms with Gasteiger partial charge < -0.3 is 5.32 Å². The standard InChI is InChI=1S/C8H9N.C7H8N2/c1-3-7-4-2-6-9-8(7)5-1;1-2-6-3-5-9-7(6)8-4-1/h2,4,6H,1,3,5H2;1-2,4H,3,5H2,(H,8,9). The van der Waals surface area contributed by atoms with Crippen LogP contribution in [0.1, 0.15) is 23.2 Å². The van der Waals surface area contributed by atoms with Gasteiger partial charge in [0.15, 0.2) is 0 Å². The zero-order valence-electron chi connectivity index (χ0n) is 10.4. The number of hydrogen-bond donors (Lipinski definition) is 1. The van der Waals surface area contributed by atoms with Crippen molar-refractivity contribution in [3.63, 3.8) is 0 Å². The Balaban J connectivity index is 0.000000111. The Morgan fingerprint density at radius 2 is 1.72 bits per heavy atom.